The molecule has 0 spiro atoms. The summed E-state index contributed by atoms with van der Waals surface area (Å²) in [6, 6.07) is 5.84. The van der Waals surface area contributed by atoms with Crippen LogP contribution in [0.5, 0.6) is 0 Å². The van der Waals surface area contributed by atoms with E-state index in [9.17, 15) is 4.79 Å². The Bertz CT molecular complexity index is 410. The van der Waals surface area contributed by atoms with E-state index >= 15 is 0 Å². The van der Waals surface area contributed by atoms with Crippen LogP contribution < -0.4 is 10.2 Å². The molecular weight excluding hydrogens is 316 g/mol. The number of carbonyl (C=O) groups is 1. The van der Waals surface area contributed by atoms with Gasteiger partial charge in [0.25, 0.3) is 0 Å². The van der Waals surface area contributed by atoms with Crippen molar-refractivity contribution >= 4 is 44.8 Å². The first-order valence-electron chi connectivity index (χ1n) is 5.87. The van der Waals surface area contributed by atoms with Gasteiger partial charge in [-0.1, -0.05) is 15.9 Å². The summed E-state index contributed by atoms with van der Waals surface area (Å²) in [6.07, 6.45) is 2.20. The highest BCUT2D eigenvalue weighted by Crippen LogP contribution is 2.28. The zero-order chi connectivity index (χ0) is 13.5. The van der Waals surface area contributed by atoms with Crippen LogP contribution in [0, 0.1) is 0 Å². The van der Waals surface area contributed by atoms with Gasteiger partial charge in [0.15, 0.2) is 0 Å². The lowest BCUT2D eigenvalue weighted by molar-refractivity contribution is -0.116. The zero-order valence-electron chi connectivity index (χ0n) is 10.7. The van der Waals surface area contributed by atoms with Crippen LogP contribution in [-0.2, 0) is 4.79 Å². The number of alkyl halides is 1. The van der Waals surface area contributed by atoms with E-state index in [2.05, 4.69) is 21.2 Å². The fourth-order valence-electron chi connectivity index (χ4n) is 1.59. The largest absolute Gasteiger partial charge is 0.376 e. The van der Waals surface area contributed by atoms with Gasteiger partial charge in [0.2, 0.25) is 5.91 Å². The molecule has 0 aliphatic heterocycles. The normalized spacial score (nSPS) is 10.2. The van der Waals surface area contributed by atoms with Gasteiger partial charge in [0.1, 0.15) is 0 Å². The minimum Gasteiger partial charge on any atom is -0.376 e. The Morgan fingerprint density at radius 2 is 2.11 bits per heavy atom. The zero-order valence-corrected chi connectivity index (χ0v) is 13.0. The average Bonchev–Trinajstić information content (AvgIpc) is 2.29. The fraction of sp³-hybridized carbons (Fsp3) is 0.462. The number of nitrogens with one attached hydrogen (secondary N) is 1. The Morgan fingerprint density at radius 3 is 2.72 bits per heavy atom. The van der Waals surface area contributed by atoms with Crippen molar-refractivity contribution in [2.45, 2.75) is 19.3 Å². The summed E-state index contributed by atoms with van der Waals surface area (Å²) in [5.74, 6) is 0.633. The molecule has 0 aliphatic rings. The van der Waals surface area contributed by atoms with E-state index in [1.807, 2.05) is 37.2 Å². The lowest BCUT2D eigenvalue weighted by Crippen LogP contribution is -2.16. The number of benzene rings is 1. The van der Waals surface area contributed by atoms with Crippen molar-refractivity contribution in [3.63, 3.8) is 0 Å². The summed E-state index contributed by atoms with van der Waals surface area (Å²) in [7, 11) is 3.90. The summed E-state index contributed by atoms with van der Waals surface area (Å²) in [4.78, 5) is 13.8. The van der Waals surface area contributed by atoms with Crippen molar-refractivity contribution < 1.29 is 4.79 Å². The molecule has 1 aromatic rings. The molecule has 0 saturated heterocycles. The molecule has 0 atom stereocenters. The maximum atomic E-state index is 11.8. The Labute approximate surface area is 122 Å². The van der Waals surface area contributed by atoms with Crippen LogP contribution in [0.15, 0.2) is 22.7 Å². The second-order valence-corrected chi connectivity index (χ2v) is 5.54. The molecule has 5 heteroatoms. The number of rotatable bonds is 6. The third-order valence-electron chi connectivity index (χ3n) is 2.50. The number of halogens is 2. The van der Waals surface area contributed by atoms with Gasteiger partial charge in [-0.25, -0.2) is 0 Å². The van der Waals surface area contributed by atoms with Crippen LogP contribution in [0.1, 0.15) is 19.3 Å². The van der Waals surface area contributed by atoms with E-state index in [0.29, 0.717) is 12.3 Å². The molecular formula is C13H18BrClN2O. The molecule has 18 heavy (non-hydrogen) atoms. The van der Waals surface area contributed by atoms with Crippen molar-refractivity contribution in [2.24, 2.45) is 0 Å². The first-order valence-corrected chi connectivity index (χ1v) is 7.20. The van der Waals surface area contributed by atoms with Crippen LogP contribution >= 0.6 is 27.5 Å². The van der Waals surface area contributed by atoms with E-state index in [-0.39, 0.29) is 5.91 Å². The second-order valence-electron chi connectivity index (χ2n) is 4.25. The lowest BCUT2D eigenvalue weighted by Gasteiger charge is -2.18. The summed E-state index contributed by atoms with van der Waals surface area (Å²) in [6.45, 7) is 0. The Hall–Kier alpha value is -0.740. The van der Waals surface area contributed by atoms with E-state index in [1.165, 1.54) is 0 Å². The minimum atomic E-state index is 0.0290. The predicted molar refractivity (Wildman–Crippen MR) is 81.7 cm³/mol. The van der Waals surface area contributed by atoms with Crippen molar-refractivity contribution in [3.8, 4) is 0 Å². The smallest absolute Gasteiger partial charge is 0.224 e. The van der Waals surface area contributed by atoms with Crippen LogP contribution in [0.2, 0.25) is 0 Å². The highest BCUT2D eigenvalue weighted by Gasteiger charge is 2.08. The number of carbonyl (C=O) groups excluding carboxylic acids is 1. The van der Waals surface area contributed by atoms with Gasteiger partial charge in [0, 0.05) is 30.9 Å². The Morgan fingerprint density at radius 1 is 1.39 bits per heavy atom. The highest BCUT2D eigenvalue weighted by molar-refractivity contribution is 9.10. The summed E-state index contributed by atoms with van der Waals surface area (Å²) < 4.78 is 0.948. The highest BCUT2D eigenvalue weighted by atomic mass is 79.9. The summed E-state index contributed by atoms with van der Waals surface area (Å²) in [5.41, 5.74) is 1.81. The van der Waals surface area contributed by atoms with Gasteiger partial charge in [-0.05, 0) is 31.0 Å². The molecule has 0 bridgehead atoms. The molecule has 0 unspecified atom stereocenters. The maximum Gasteiger partial charge on any atom is 0.224 e. The van der Waals surface area contributed by atoms with Gasteiger partial charge >= 0.3 is 0 Å². The van der Waals surface area contributed by atoms with E-state index in [4.69, 9.17) is 11.6 Å². The second kappa shape index (κ2) is 7.64. The van der Waals surface area contributed by atoms with Crippen molar-refractivity contribution in [2.75, 3.05) is 30.2 Å². The third kappa shape index (κ3) is 4.86. The molecule has 1 rings (SSSR count). The minimum absolute atomic E-state index is 0.0290. The Kier molecular flexibility index (Phi) is 6.50. The Balaban J connectivity index is 2.70. The topological polar surface area (TPSA) is 32.3 Å². The molecule has 1 N–H and O–H groups in total. The quantitative estimate of drug-likeness (QED) is 0.633. The van der Waals surface area contributed by atoms with E-state index in [0.717, 1.165) is 28.7 Å². The van der Waals surface area contributed by atoms with Crippen LogP contribution in [0.3, 0.4) is 0 Å². The van der Waals surface area contributed by atoms with Crippen LogP contribution in [0.25, 0.3) is 0 Å². The van der Waals surface area contributed by atoms with Gasteiger partial charge in [0.05, 0.1) is 11.4 Å². The van der Waals surface area contributed by atoms with Gasteiger partial charge in [-0.3, -0.25) is 4.79 Å². The van der Waals surface area contributed by atoms with Gasteiger partial charge in [-0.15, -0.1) is 11.6 Å². The van der Waals surface area contributed by atoms with Gasteiger partial charge in [-0.2, -0.15) is 0 Å². The van der Waals surface area contributed by atoms with E-state index < -0.39 is 0 Å². The molecule has 3 nitrogen and oxygen atoms in total. The fourth-order valence-corrected chi connectivity index (χ4v) is 2.14. The molecule has 0 radical (unpaired) electrons. The third-order valence-corrected chi connectivity index (χ3v) is 3.26. The number of amides is 1. The molecule has 1 amide bonds. The van der Waals surface area contributed by atoms with Gasteiger partial charge < -0.3 is 10.2 Å². The number of nitrogens with zero attached hydrogens (tertiary/aromatic N) is 1. The molecule has 0 fully saturated rings. The monoisotopic (exact) mass is 332 g/mol. The summed E-state index contributed by atoms with van der Waals surface area (Å²) in [5, 5.41) is 2.94. The molecule has 0 aliphatic carbocycles. The SMILES string of the molecule is CN(C)c1ccc(Br)cc1NC(=O)CCCCCl. The maximum absolute atomic E-state index is 11.8. The number of unbranched alkanes of at least 4 members (excludes halogenated alkanes) is 1. The molecule has 100 valence electrons. The number of hydrogen-bond acceptors (Lipinski definition) is 2. The van der Waals surface area contributed by atoms with Crippen molar-refractivity contribution in [1.82, 2.24) is 0 Å². The number of anilines is 2. The first-order chi connectivity index (χ1) is 8.54. The molecule has 0 aromatic heterocycles. The lowest BCUT2D eigenvalue weighted by atomic mass is 10.2. The van der Waals surface area contributed by atoms with Crippen LogP contribution in [0.4, 0.5) is 11.4 Å². The predicted octanol–water partition coefficient (Wildman–Crippen LogP) is 3.86. The summed E-state index contributed by atoms with van der Waals surface area (Å²) >= 11 is 9.00. The molecule has 1 aromatic carbocycles. The standard InChI is InChI=1S/C13H18BrClN2O/c1-17(2)12-7-6-10(14)9-11(12)16-13(18)5-3-4-8-15/h6-7,9H,3-5,8H2,1-2H3,(H,16,18). The average molecular weight is 334 g/mol. The molecule has 0 saturated carbocycles. The molecule has 0 heterocycles. The number of hydrogen-bond donors (Lipinski definition) is 1. The van der Waals surface area contributed by atoms with E-state index in [1.54, 1.807) is 0 Å². The van der Waals surface area contributed by atoms with Crippen LogP contribution in [-0.4, -0.2) is 25.9 Å². The first kappa shape index (κ1) is 15.3. The van der Waals surface area contributed by atoms with Crippen molar-refractivity contribution in [1.29, 1.82) is 0 Å². The van der Waals surface area contributed by atoms with Crippen molar-refractivity contribution in [3.05, 3.63) is 22.7 Å².